The zero-order valence-corrected chi connectivity index (χ0v) is 17.6. The van der Waals surface area contributed by atoms with E-state index in [4.69, 9.17) is 4.42 Å². The SMILES string of the molecule is CCN(CC)c1ccc(/C=C2\SC(=Nc3ccc(Br)cc3)NC2=O)o1.Cl. The number of carbonyl (C=O) groups is 1. The number of amides is 1. The summed E-state index contributed by atoms with van der Waals surface area (Å²) in [6.07, 6.45) is 1.75. The maximum Gasteiger partial charge on any atom is 0.264 e. The lowest BCUT2D eigenvalue weighted by Gasteiger charge is -2.16. The van der Waals surface area contributed by atoms with Gasteiger partial charge < -0.3 is 14.6 Å². The van der Waals surface area contributed by atoms with Crippen molar-refractivity contribution in [3.8, 4) is 0 Å². The van der Waals surface area contributed by atoms with Crippen molar-refractivity contribution in [1.82, 2.24) is 5.32 Å². The first-order valence-corrected chi connectivity index (χ1v) is 9.60. The second kappa shape index (κ2) is 9.30. The Kier molecular flexibility index (Phi) is 7.37. The molecule has 8 heteroatoms. The summed E-state index contributed by atoms with van der Waals surface area (Å²) in [4.78, 5) is 19.3. The number of rotatable bonds is 5. The maximum atomic E-state index is 12.1. The minimum atomic E-state index is -0.165. The largest absolute Gasteiger partial charge is 0.441 e. The lowest BCUT2D eigenvalue weighted by molar-refractivity contribution is -0.115. The summed E-state index contributed by atoms with van der Waals surface area (Å²) < 4.78 is 6.80. The van der Waals surface area contributed by atoms with E-state index in [1.807, 2.05) is 36.4 Å². The van der Waals surface area contributed by atoms with Crippen molar-refractivity contribution < 1.29 is 9.21 Å². The molecule has 138 valence electrons. The van der Waals surface area contributed by atoms with Crippen LogP contribution in [0.4, 0.5) is 11.6 Å². The summed E-state index contributed by atoms with van der Waals surface area (Å²) in [6.45, 7) is 5.91. The molecule has 0 bridgehead atoms. The molecule has 1 aliphatic rings. The third-order valence-corrected chi connectivity index (χ3v) is 5.11. The molecule has 1 saturated heterocycles. The van der Waals surface area contributed by atoms with Gasteiger partial charge in [-0.05, 0) is 55.9 Å². The first-order valence-electron chi connectivity index (χ1n) is 7.99. The van der Waals surface area contributed by atoms with E-state index in [1.165, 1.54) is 11.8 Å². The molecule has 3 rings (SSSR count). The van der Waals surface area contributed by atoms with E-state index in [0.717, 1.165) is 29.1 Å². The van der Waals surface area contributed by atoms with E-state index >= 15 is 0 Å². The quantitative estimate of drug-likeness (QED) is 0.628. The fourth-order valence-corrected chi connectivity index (χ4v) is 3.45. The Morgan fingerprint density at radius 2 is 1.88 bits per heavy atom. The summed E-state index contributed by atoms with van der Waals surface area (Å²) in [5, 5.41) is 3.35. The number of amidine groups is 1. The molecule has 0 atom stereocenters. The molecule has 1 N–H and O–H groups in total. The van der Waals surface area contributed by atoms with Crippen LogP contribution in [-0.4, -0.2) is 24.2 Å². The van der Waals surface area contributed by atoms with Gasteiger partial charge in [0.2, 0.25) is 0 Å². The number of thioether (sulfide) groups is 1. The van der Waals surface area contributed by atoms with E-state index in [1.54, 1.807) is 6.08 Å². The zero-order chi connectivity index (χ0) is 17.8. The second-order valence-corrected chi connectivity index (χ2v) is 7.25. The Labute approximate surface area is 171 Å². The molecule has 0 spiro atoms. The number of hydrogen-bond acceptors (Lipinski definition) is 5. The van der Waals surface area contributed by atoms with Gasteiger partial charge in [-0.25, -0.2) is 4.99 Å². The van der Waals surface area contributed by atoms with Crippen LogP contribution in [0.5, 0.6) is 0 Å². The molecular formula is C18H19BrClN3O2S. The van der Waals surface area contributed by atoms with Crippen molar-refractivity contribution in [3.63, 3.8) is 0 Å². The van der Waals surface area contributed by atoms with Crippen LogP contribution in [0.15, 0.2) is 55.2 Å². The van der Waals surface area contributed by atoms with Gasteiger partial charge in [-0.1, -0.05) is 15.9 Å². The fourth-order valence-electron chi connectivity index (χ4n) is 2.37. The number of halogens is 2. The van der Waals surface area contributed by atoms with Crippen molar-refractivity contribution in [1.29, 1.82) is 0 Å². The van der Waals surface area contributed by atoms with Crippen LogP contribution in [0.2, 0.25) is 0 Å². The number of benzene rings is 1. The molecular weight excluding hydrogens is 438 g/mol. The molecule has 26 heavy (non-hydrogen) atoms. The molecule has 1 aromatic heterocycles. The molecule has 0 saturated carbocycles. The number of nitrogens with one attached hydrogen (secondary N) is 1. The molecule has 1 amide bonds. The first-order chi connectivity index (χ1) is 12.1. The summed E-state index contributed by atoms with van der Waals surface area (Å²) in [5.74, 6) is 1.30. The molecule has 1 aromatic carbocycles. The van der Waals surface area contributed by atoms with Gasteiger partial charge in [-0.3, -0.25) is 4.79 Å². The fraction of sp³-hybridized carbons (Fsp3) is 0.222. The molecule has 2 heterocycles. The minimum Gasteiger partial charge on any atom is -0.441 e. The lowest BCUT2D eigenvalue weighted by atomic mass is 10.3. The number of nitrogens with zero attached hydrogens (tertiary/aromatic N) is 2. The molecule has 0 unspecified atom stereocenters. The normalized spacial score (nSPS) is 16.7. The van der Waals surface area contributed by atoms with Gasteiger partial charge in [0.05, 0.1) is 10.6 Å². The topological polar surface area (TPSA) is 57.8 Å². The van der Waals surface area contributed by atoms with E-state index in [2.05, 4.69) is 45.0 Å². The minimum absolute atomic E-state index is 0. The highest BCUT2D eigenvalue weighted by molar-refractivity contribution is 9.10. The van der Waals surface area contributed by atoms with Gasteiger partial charge in [-0.15, -0.1) is 12.4 Å². The molecule has 5 nitrogen and oxygen atoms in total. The Balaban J connectivity index is 0.00000243. The monoisotopic (exact) mass is 455 g/mol. The first kappa shape index (κ1) is 20.6. The van der Waals surface area contributed by atoms with Crippen LogP contribution >= 0.6 is 40.1 Å². The predicted octanol–water partition coefficient (Wildman–Crippen LogP) is 5.20. The average molecular weight is 457 g/mol. The highest BCUT2D eigenvalue weighted by Gasteiger charge is 2.24. The van der Waals surface area contributed by atoms with Gasteiger partial charge in [-0.2, -0.15) is 0 Å². The van der Waals surface area contributed by atoms with Crippen molar-refractivity contribution in [2.75, 3.05) is 18.0 Å². The second-order valence-electron chi connectivity index (χ2n) is 5.31. The van der Waals surface area contributed by atoms with Crippen LogP contribution in [0.1, 0.15) is 19.6 Å². The van der Waals surface area contributed by atoms with E-state index in [-0.39, 0.29) is 18.3 Å². The van der Waals surface area contributed by atoms with E-state index in [0.29, 0.717) is 15.8 Å². The van der Waals surface area contributed by atoms with E-state index < -0.39 is 0 Å². The van der Waals surface area contributed by atoms with Crippen molar-refractivity contribution in [2.45, 2.75) is 13.8 Å². The summed E-state index contributed by atoms with van der Waals surface area (Å²) >= 11 is 4.70. The number of anilines is 1. The third-order valence-electron chi connectivity index (χ3n) is 3.67. The Morgan fingerprint density at radius 1 is 1.19 bits per heavy atom. The van der Waals surface area contributed by atoms with Crippen molar-refractivity contribution in [3.05, 3.63) is 51.5 Å². The number of hydrogen-bond donors (Lipinski definition) is 1. The summed E-state index contributed by atoms with van der Waals surface area (Å²) in [5.41, 5.74) is 0.786. The van der Waals surface area contributed by atoms with Crippen LogP contribution in [0.25, 0.3) is 6.08 Å². The van der Waals surface area contributed by atoms with Gasteiger partial charge in [0.1, 0.15) is 5.76 Å². The molecule has 0 aliphatic carbocycles. The maximum absolute atomic E-state index is 12.1. The van der Waals surface area contributed by atoms with Gasteiger partial charge in [0.25, 0.3) is 5.91 Å². The highest BCUT2D eigenvalue weighted by atomic mass is 79.9. The standard InChI is InChI=1S/C18H18BrN3O2S.ClH/c1-3-22(4-2)16-10-9-14(24-16)11-15-17(23)21-18(25-15)20-13-7-5-12(19)6-8-13;/h5-11H,3-4H2,1-2H3,(H,20,21,23);1H/b15-11-;. The molecule has 1 fully saturated rings. The third kappa shape index (κ3) is 4.93. The molecule has 1 aliphatic heterocycles. The lowest BCUT2D eigenvalue weighted by Crippen LogP contribution is -2.20. The van der Waals surface area contributed by atoms with Gasteiger partial charge >= 0.3 is 0 Å². The number of aliphatic imine (C=N–C) groups is 1. The van der Waals surface area contributed by atoms with Crippen LogP contribution in [-0.2, 0) is 4.79 Å². The highest BCUT2D eigenvalue weighted by Crippen LogP contribution is 2.29. The number of furan rings is 1. The molecule has 0 radical (unpaired) electrons. The van der Waals surface area contributed by atoms with Crippen LogP contribution < -0.4 is 10.2 Å². The zero-order valence-electron chi connectivity index (χ0n) is 14.4. The Hall–Kier alpha value is -1.70. The average Bonchev–Trinajstić information content (AvgIpc) is 3.19. The molecule has 2 aromatic rings. The van der Waals surface area contributed by atoms with Crippen LogP contribution in [0.3, 0.4) is 0 Å². The van der Waals surface area contributed by atoms with Crippen molar-refractivity contribution in [2.24, 2.45) is 4.99 Å². The summed E-state index contributed by atoms with van der Waals surface area (Å²) in [7, 11) is 0. The van der Waals surface area contributed by atoms with Crippen molar-refractivity contribution >= 4 is 68.8 Å². The van der Waals surface area contributed by atoms with Gasteiger partial charge in [0, 0.05) is 29.7 Å². The Bertz CT molecular complexity index is 829. The van der Waals surface area contributed by atoms with E-state index in [9.17, 15) is 4.79 Å². The Morgan fingerprint density at radius 3 is 2.54 bits per heavy atom. The summed E-state index contributed by atoms with van der Waals surface area (Å²) in [6, 6.07) is 11.4. The predicted molar refractivity (Wildman–Crippen MR) is 114 cm³/mol. The van der Waals surface area contributed by atoms with Crippen LogP contribution in [0, 0.1) is 0 Å². The van der Waals surface area contributed by atoms with Gasteiger partial charge in [0.15, 0.2) is 11.1 Å². The smallest absolute Gasteiger partial charge is 0.264 e. The number of carbonyl (C=O) groups excluding carboxylic acids is 1.